The van der Waals surface area contributed by atoms with Gasteiger partial charge in [0.1, 0.15) is 11.5 Å². The van der Waals surface area contributed by atoms with Crippen molar-refractivity contribution in [3.63, 3.8) is 0 Å². The van der Waals surface area contributed by atoms with Crippen molar-refractivity contribution in [1.29, 1.82) is 0 Å². The van der Waals surface area contributed by atoms with Gasteiger partial charge in [-0.05, 0) is 62.1 Å². The number of carbonyl (C=O) groups is 1. The second-order valence-electron chi connectivity index (χ2n) is 9.60. The summed E-state index contributed by atoms with van der Waals surface area (Å²) in [4.78, 5) is 20.3. The van der Waals surface area contributed by atoms with Gasteiger partial charge >= 0.3 is 6.18 Å². The van der Waals surface area contributed by atoms with Gasteiger partial charge in [0, 0.05) is 29.8 Å². The van der Waals surface area contributed by atoms with E-state index < -0.39 is 40.7 Å². The van der Waals surface area contributed by atoms with Gasteiger partial charge in [0.25, 0.3) is 5.91 Å². The van der Waals surface area contributed by atoms with E-state index in [0.29, 0.717) is 42.8 Å². The number of phenols is 1. The largest absolute Gasteiger partial charge is 0.505 e. The number of halogens is 5. The number of alkyl halides is 3. The number of nitrogens with one attached hydrogen (secondary N) is 1. The number of rotatable bonds is 5. The first-order chi connectivity index (χ1) is 17.0. The average molecular weight is 508 g/mol. The van der Waals surface area contributed by atoms with Gasteiger partial charge in [0.15, 0.2) is 11.6 Å². The van der Waals surface area contributed by atoms with Crippen LogP contribution in [0.2, 0.25) is 0 Å². The van der Waals surface area contributed by atoms with Crippen molar-refractivity contribution in [2.24, 2.45) is 5.41 Å². The molecule has 1 aromatic carbocycles. The van der Waals surface area contributed by atoms with E-state index in [2.05, 4.69) is 20.4 Å². The number of hydrogen-bond acceptors (Lipinski definition) is 6. The Morgan fingerprint density at radius 1 is 1.06 bits per heavy atom. The first-order valence-corrected chi connectivity index (χ1v) is 11.3. The molecule has 0 unspecified atom stereocenters. The first-order valence-electron chi connectivity index (χ1n) is 11.3. The topological polar surface area (TPSA) is 101 Å². The Morgan fingerprint density at radius 3 is 2.36 bits per heavy atom. The molecule has 6 rings (SSSR count). The fourth-order valence-electron chi connectivity index (χ4n) is 5.17. The summed E-state index contributed by atoms with van der Waals surface area (Å²) in [6, 6.07) is 3.35. The monoisotopic (exact) mass is 508 g/mol. The number of phenolic OH excluding ortho intramolecular Hbond substituents is 1. The minimum Gasteiger partial charge on any atom is -0.505 e. The molecule has 2 aromatic heterocycles. The lowest BCUT2D eigenvalue weighted by atomic mass is 9.53. The average Bonchev–Trinajstić information content (AvgIpc) is 3.37. The summed E-state index contributed by atoms with van der Waals surface area (Å²) in [6.07, 6.45) is 0.851. The molecular weight excluding hydrogens is 487 g/mol. The van der Waals surface area contributed by atoms with E-state index in [0.717, 1.165) is 31.5 Å². The zero-order valence-corrected chi connectivity index (χ0v) is 18.8. The molecule has 36 heavy (non-hydrogen) atoms. The first kappa shape index (κ1) is 24.1. The van der Waals surface area contributed by atoms with Crippen LogP contribution in [-0.2, 0) is 11.6 Å². The maximum atomic E-state index is 14.0. The summed E-state index contributed by atoms with van der Waals surface area (Å²) in [5.74, 6) is -3.11. The molecule has 12 heteroatoms. The Kier molecular flexibility index (Phi) is 5.72. The molecule has 0 atom stereocenters. The van der Waals surface area contributed by atoms with E-state index in [1.54, 1.807) is 0 Å². The van der Waals surface area contributed by atoms with Crippen LogP contribution in [0.15, 0.2) is 35.0 Å². The minimum atomic E-state index is -4.54. The molecule has 3 aliphatic rings. The Labute approximate surface area is 201 Å². The number of nitrogens with zero attached hydrogens (tertiary/aromatic N) is 3. The van der Waals surface area contributed by atoms with Crippen LogP contribution in [0.25, 0.3) is 11.4 Å². The zero-order chi connectivity index (χ0) is 25.7. The standard InChI is InChI=1S/C24H21F5N4O3/c25-15-10-17(34)16(26)9-14(15)20(35)31-12-22-3-6-23(7-4-22,8-5-22)21-32-19(33-36-21)13-1-2-18(30-11-13)24(27,28)29/h1-2,9-11,34H,3-8,12H2,(H,31,35)/t22-,23-. The summed E-state index contributed by atoms with van der Waals surface area (Å²) in [6.45, 7) is 0.288. The van der Waals surface area contributed by atoms with Crippen LogP contribution in [0.1, 0.15) is 60.5 Å². The molecule has 1 amide bonds. The molecule has 2 N–H and O–H groups in total. The van der Waals surface area contributed by atoms with Crippen LogP contribution < -0.4 is 5.32 Å². The van der Waals surface area contributed by atoms with Gasteiger partial charge in [0.2, 0.25) is 11.7 Å². The van der Waals surface area contributed by atoms with Gasteiger partial charge < -0.3 is 14.9 Å². The van der Waals surface area contributed by atoms with Gasteiger partial charge in [-0.15, -0.1) is 0 Å². The molecule has 0 radical (unpaired) electrons. The van der Waals surface area contributed by atoms with E-state index in [9.17, 15) is 31.9 Å². The van der Waals surface area contributed by atoms with E-state index in [-0.39, 0.29) is 23.2 Å². The number of carbonyl (C=O) groups excluding carboxylic acids is 1. The van der Waals surface area contributed by atoms with Crippen molar-refractivity contribution in [3.8, 4) is 17.1 Å². The van der Waals surface area contributed by atoms with Crippen molar-refractivity contribution < 1.29 is 36.4 Å². The van der Waals surface area contributed by atoms with Crippen molar-refractivity contribution in [3.05, 3.63) is 59.2 Å². The number of aromatic hydroxyl groups is 1. The Bertz CT molecular complexity index is 1280. The highest BCUT2D eigenvalue weighted by atomic mass is 19.4. The van der Waals surface area contributed by atoms with Crippen LogP contribution >= 0.6 is 0 Å². The smallest absolute Gasteiger partial charge is 0.433 e. The molecular formula is C24H21F5N4O3. The number of aromatic nitrogens is 3. The van der Waals surface area contributed by atoms with Gasteiger partial charge in [0.05, 0.1) is 5.56 Å². The zero-order valence-electron chi connectivity index (χ0n) is 18.8. The van der Waals surface area contributed by atoms with E-state index in [1.165, 1.54) is 6.07 Å². The third-order valence-corrected chi connectivity index (χ3v) is 7.50. The molecule has 0 aliphatic heterocycles. The highest BCUT2D eigenvalue weighted by Gasteiger charge is 2.52. The van der Waals surface area contributed by atoms with Gasteiger partial charge in [-0.3, -0.25) is 9.78 Å². The minimum absolute atomic E-state index is 0.165. The van der Waals surface area contributed by atoms with Crippen molar-refractivity contribution in [2.45, 2.75) is 50.1 Å². The van der Waals surface area contributed by atoms with Crippen molar-refractivity contribution in [2.75, 3.05) is 6.54 Å². The summed E-state index contributed by atoms with van der Waals surface area (Å²) in [7, 11) is 0. The summed E-state index contributed by atoms with van der Waals surface area (Å²) < 4.78 is 71.4. The van der Waals surface area contributed by atoms with E-state index >= 15 is 0 Å². The van der Waals surface area contributed by atoms with Gasteiger partial charge in [-0.1, -0.05) is 5.16 Å². The van der Waals surface area contributed by atoms with E-state index in [4.69, 9.17) is 4.52 Å². The highest BCUT2D eigenvalue weighted by Crippen LogP contribution is 2.57. The van der Waals surface area contributed by atoms with Crippen LogP contribution in [0.5, 0.6) is 5.75 Å². The predicted octanol–water partition coefficient (Wildman–Crippen LogP) is 5.16. The number of pyridine rings is 1. The maximum Gasteiger partial charge on any atom is 0.433 e. The van der Waals surface area contributed by atoms with Crippen LogP contribution in [-0.4, -0.2) is 32.7 Å². The second-order valence-corrected chi connectivity index (χ2v) is 9.60. The third kappa shape index (κ3) is 4.28. The van der Waals surface area contributed by atoms with Crippen LogP contribution in [0, 0.1) is 17.0 Å². The van der Waals surface area contributed by atoms with E-state index in [1.807, 2.05) is 0 Å². The molecule has 3 aromatic rings. The summed E-state index contributed by atoms with van der Waals surface area (Å²) in [5, 5.41) is 15.9. The Balaban J connectivity index is 1.24. The number of fused-ring (bicyclic) bond motifs is 3. The molecule has 7 nitrogen and oxygen atoms in total. The molecule has 190 valence electrons. The normalized spacial score (nSPS) is 23.6. The SMILES string of the molecule is O=C(NC[C@]12CC[C@@](c3nc(-c4ccc(C(F)(F)F)nc4)no3)(CC1)CC2)c1cc(F)c(O)cc1F. The van der Waals surface area contributed by atoms with Gasteiger partial charge in [-0.25, -0.2) is 8.78 Å². The van der Waals surface area contributed by atoms with Crippen LogP contribution in [0.3, 0.4) is 0 Å². The number of amides is 1. The molecule has 3 aliphatic carbocycles. The Hall–Kier alpha value is -3.57. The van der Waals surface area contributed by atoms with Crippen molar-refractivity contribution >= 4 is 5.91 Å². The predicted molar refractivity (Wildman–Crippen MR) is 115 cm³/mol. The number of hydrogen-bond donors (Lipinski definition) is 2. The fraction of sp³-hybridized carbons (Fsp3) is 0.417. The quantitative estimate of drug-likeness (QED) is 0.462. The summed E-state index contributed by atoms with van der Waals surface area (Å²) >= 11 is 0. The third-order valence-electron chi connectivity index (χ3n) is 7.50. The maximum absolute atomic E-state index is 14.0. The number of benzene rings is 1. The lowest BCUT2D eigenvalue weighted by Gasteiger charge is -2.51. The van der Waals surface area contributed by atoms with Gasteiger partial charge in [-0.2, -0.15) is 18.2 Å². The molecule has 2 bridgehead atoms. The fourth-order valence-corrected chi connectivity index (χ4v) is 5.17. The lowest BCUT2D eigenvalue weighted by molar-refractivity contribution is -0.141. The lowest BCUT2D eigenvalue weighted by Crippen LogP contribution is -2.49. The molecule has 3 fully saturated rings. The molecule has 2 heterocycles. The Morgan fingerprint density at radius 2 is 1.75 bits per heavy atom. The van der Waals surface area contributed by atoms with Crippen molar-refractivity contribution in [1.82, 2.24) is 20.4 Å². The molecule has 0 spiro atoms. The van der Waals surface area contributed by atoms with Crippen LogP contribution in [0.4, 0.5) is 22.0 Å². The summed E-state index contributed by atoms with van der Waals surface area (Å²) in [5.41, 5.74) is -1.73. The molecule has 0 saturated heterocycles. The molecule has 3 saturated carbocycles. The second kappa shape index (κ2) is 8.52. The highest BCUT2D eigenvalue weighted by molar-refractivity contribution is 5.94.